The molecule has 0 amide bonds. The molecule has 1 rings (SSSR count). The fraction of sp³-hybridized carbons (Fsp3) is 0.125. The van der Waals surface area contributed by atoms with Crippen molar-refractivity contribution in [1.82, 2.24) is 0 Å². The molecule has 1 aromatic carbocycles. The van der Waals surface area contributed by atoms with E-state index in [1.165, 1.54) is 0 Å². The molecule has 0 saturated carbocycles. The first-order chi connectivity index (χ1) is 5.83. The van der Waals surface area contributed by atoms with E-state index in [0.717, 1.165) is 5.69 Å². The molecule has 0 atom stereocenters. The van der Waals surface area contributed by atoms with Crippen LogP contribution in [0.5, 0.6) is 0 Å². The molecule has 0 unspecified atom stereocenters. The predicted octanol–water partition coefficient (Wildman–Crippen LogP) is 2.31. The maximum absolute atomic E-state index is 10.00. The van der Waals surface area contributed by atoms with E-state index in [0.29, 0.717) is 5.90 Å². The number of nitrogens with zero attached hydrogens (tertiary/aromatic N) is 1. The first kappa shape index (κ1) is 12.8. The van der Waals surface area contributed by atoms with E-state index in [1.807, 2.05) is 30.3 Å². The summed E-state index contributed by atoms with van der Waals surface area (Å²) in [5.41, 5.74) is 0.790. The third-order valence-corrected chi connectivity index (χ3v) is 1.55. The molecule has 0 aliphatic carbocycles. The third-order valence-electron chi connectivity index (χ3n) is 1.21. The van der Waals surface area contributed by atoms with Crippen LogP contribution < -0.4 is 0 Å². The van der Waals surface area contributed by atoms with Crippen molar-refractivity contribution in [3.8, 4) is 0 Å². The number of hydrogen-bond donors (Lipinski definition) is 0. The van der Waals surface area contributed by atoms with Crippen LogP contribution in [0, 0.1) is 0 Å². The molecular weight excluding hydrogens is 196 g/mol. The molecule has 0 bridgehead atoms. The zero-order chi connectivity index (χ0) is 8.81. The minimum atomic E-state index is -0.371. The fourth-order valence-electron chi connectivity index (χ4n) is 0.759. The van der Waals surface area contributed by atoms with Gasteiger partial charge in [0.05, 0.1) is 5.69 Å². The summed E-state index contributed by atoms with van der Waals surface area (Å²) in [4.78, 5) is 4.04. The average molecular weight is 205 g/mol. The zero-order valence-corrected chi connectivity index (χ0v) is 7.49. The molecule has 0 aliphatic rings. The van der Waals surface area contributed by atoms with E-state index in [2.05, 4.69) is 9.52 Å². The molecule has 0 radical (unpaired) electrons. The standard InChI is InChI=1S/C8H8NO2P.Na.H/c1-7(11-12-10)9-8-5-3-2-4-6-8;;/h2-6H,1H3;;. The van der Waals surface area contributed by atoms with E-state index in [4.69, 9.17) is 0 Å². The van der Waals surface area contributed by atoms with Crippen LogP contribution in [0.3, 0.4) is 0 Å². The summed E-state index contributed by atoms with van der Waals surface area (Å²) in [5, 5.41) is 0. The number of para-hydroxylation sites is 1. The summed E-state index contributed by atoms with van der Waals surface area (Å²) in [6.07, 6.45) is 0. The summed E-state index contributed by atoms with van der Waals surface area (Å²) in [6, 6.07) is 9.34. The number of hydrogen-bond acceptors (Lipinski definition) is 3. The Bertz CT molecular complexity index is 289. The monoisotopic (exact) mass is 205 g/mol. The molecule has 13 heavy (non-hydrogen) atoms. The Kier molecular flexibility index (Phi) is 7.10. The molecular formula is C8H9NNaO2P. The summed E-state index contributed by atoms with van der Waals surface area (Å²) >= 11 is 0. The van der Waals surface area contributed by atoms with Gasteiger partial charge in [-0.05, 0) is 12.1 Å². The number of rotatable bonds is 2. The molecule has 0 aromatic heterocycles. The predicted molar refractivity (Wildman–Crippen MR) is 55.1 cm³/mol. The summed E-state index contributed by atoms with van der Waals surface area (Å²) in [5.74, 6) is 0.387. The zero-order valence-electron chi connectivity index (χ0n) is 6.60. The molecule has 64 valence electrons. The van der Waals surface area contributed by atoms with Gasteiger partial charge in [-0.1, -0.05) is 18.2 Å². The molecule has 5 heteroatoms. The molecule has 0 heterocycles. The van der Waals surface area contributed by atoms with Crippen LogP contribution in [-0.4, -0.2) is 35.5 Å². The van der Waals surface area contributed by atoms with Crippen LogP contribution >= 0.6 is 8.69 Å². The summed E-state index contributed by atoms with van der Waals surface area (Å²) in [7, 11) is -0.371. The van der Waals surface area contributed by atoms with Gasteiger partial charge in [-0.3, -0.25) is 0 Å². The van der Waals surface area contributed by atoms with Crippen molar-refractivity contribution in [3.05, 3.63) is 30.3 Å². The summed E-state index contributed by atoms with van der Waals surface area (Å²) < 4.78 is 14.6. The van der Waals surface area contributed by atoms with Gasteiger partial charge in [-0.2, -0.15) is 0 Å². The van der Waals surface area contributed by atoms with Crippen LogP contribution in [-0.2, 0) is 9.09 Å². The SMILES string of the molecule is CC(=Nc1ccccc1)OP=O.[NaH]. The Labute approximate surface area is 101 Å². The van der Waals surface area contributed by atoms with Crippen molar-refractivity contribution in [2.75, 3.05) is 0 Å². The van der Waals surface area contributed by atoms with Gasteiger partial charge < -0.3 is 4.52 Å². The van der Waals surface area contributed by atoms with Crippen molar-refractivity contribution in [1.29, 1.82) is 0 Å². The van der Waals surface area contributed by atoms with Crippen molar-refractivity contribution >= 4 is 49.8 Å². The molecule has 0 N–H and O–H groups in total. The normalized spacial score (nSPS) is 10.7. The molecule has 3 nitrogen and oxygen atoms in total. The van der Waals surface area contributed by atoms with Crippen molar-refractivity contribution in [2.24, 2.45) is 4.99 Å². The van der Waals surface area contributed by atoms with Gasteiger partial charge in [0.2, 0.25) is 0 Å². The fourth-order valence-corrected chi connectivity index (χ4v) is 0.907. The first-order valence-electron chi connectivity index (χ1n) is 3.43. The second-order valence-electron chi connectivity index (χ2n) is 2.13. The van der Waals surface area contributed by atoms with Gasteiger partial charge in [0.15, 0.2) is 5.90 Å². The van der Waals surface area contributed by atoms with E-state index in [1.54, 1.807) is 6.92 Å². The Hall–Kier alpha value is -0.210. The number of aliphatic imine (C=N–C) groups is 1. The van der Waals surface area contributed by atoms with Crippen LogP contribution in [0.4, 0.5) is 5.69 Å². The van der Waals surface area contributed by atoms with Gasteiger partial charge in [0.25, 0.3) is 0 Å². The third kappa shape index (κ3) is 5.17. The maximum atomic E-state index is 10.00. The van der Waals surface area contributed by atoms with Crippen LogP contribution in [0.1, 0.15) is 6.92 Å². The quantitative estimate of drug-likeness (QED) is 0.321. The van der Waals surface area contributed by atoms with Gasteiger partial charge in [-0.25, -0.2) is 9.56 Å². The van der Waals surface area contributed by atoms with Gasteiger partial charge >= 0.3 is 38.2 Å². The number of benzene rings is 1. The Morgan fingerprint density at radius 1 is 1.38 bits per heavy atom. The summed E-state index contributed by atoms with van der Waals surface area (Å²) in [6.45, 7) is 1.65. The van der Waals surface area contributed by atoms with Crippen molar-refractivity contribution in [3.63, 3.8) is 0 Å². The average Bonchev–Trinajstić information content (AvgIpc) is 2.06. The Balaban J connectivity index is 0.00000144. The van der Waals surface area contributed by atoms with Crippen molar-refractivity contribution in [2.45, 2.75) is 6.92 Å². The molecule has 0 saturated heterocycles. The second-order valence-corrected chi connectivity index (χ2v) is 2.46. The molecule has 0 fully saturated rings. The topological polar surface area (TPSA) is 38.7 Å². The second kappa shape index (κ2) is 7.22. The van der Waals surface area contributed by atoms with Gasteiger partial charge in [0.1, 0.15) is 0 Å². The van der Waals surface area contributed by atoms with E-state index >= 15 is 0 Å². The van der Waals surface area contributed by atoms with E-state index in [-0.39, 0.29) is 38.2 Å². The molecule has 0 spiro atoms. The molecule has 1 aromatic rings. The van der Waals surface area contributed by atoms with Crippen LogP contribution in [0.25, 0.3) is 0 Å². The van der Waals surface area contributed by atoms with Gasteiger partial charge in [0, 0.05) is 6.92 Å². The van der Waals surface area contributed by atoms with Gasteiger partial charge in [-0.15, -0.1) is 0 Å². The van der Waals surface area contributed by atoms with Crippen molar-refractivity contribution < 1.29 is 9.09 Å². The Morgan fingerprint density at radius 3 is 2.54 bits per heavy atom. The van der Waals surface area contributed by atoms with E-state index in [9.17, 15) is 4.57 Å². The molecule has 0 aliphatic heterocycles. The van der Waals surface area contributed by atoms with Crippen LogP contribution in [0.2, 0.25) is 0 Å². The Morgan fingerprint density at radius 2 is 2.00 bits per heavy atom. The van der Waals surface area contributed by atoms with Crippen LogP contribution in [0.15, 0.2) is 35.3 Å². The minimum absolute atomic E-state index is 0. The first-order valence-corrected chi connectivity index (χ1v) is 4.16. The van der Waals surface area contributed by atoms with E-state index < -0.39 is 0 Å².